The molecular formula is C11H14N2O3S. The highest BCUT2D eigenvalue weighted by Gasteiger charge is 2.14. The van der Waals surface area contributed by atoms with Crippen molar-refractivity contribution >= 4 is 17.2 Å². The average molecular weight is 254 g/mol. The summed E-state index contributed by atoms with van der Waals surface area (Å²) in [4.78, 5) is 0.435. The summed E-state index contributed by atoms with van der Waals surface area (Å²) >= 11 is 5.20. The Hall–Kier alpha value is -1.37. The molecule has 1 aliphatic rings. The Balaban J connectivity index is 2.03. The van der Waals surface area contributed by atoms with Crippen LogP contribution in [0.1, 0.15) is 5.56 Å². The van der Waals surface area contributed by atoms with Crippen LogP contribution in [-0.4, -0.2) is 46.5 Å². The van der Waals surface area contributed by atoms with Crippen LogP contribution in [0.3, 0.4) is 0 Å². The molecule has 0 bridgehead atoms. The molecule has 0 atom stereocenters. The smallest absolute Gasteiger partial charge is 0.129 e. The fraction of sp³-hybridized carbons (Fsp3) is 0.364. The van der Waals surface area contributed by atoms with Gasteiger partial charge in [-0.1, -0.05) is 12.2 Å². The number of nitrogens with one attached hydrogen (secondary N) is 1. The van der Waals surface area contributed by atoms with E-state index in [9.17, 15) is 10.2 Å². The first-order chi connectivity index (χ1) is 8.16. The second kappa shape index (κ2) is 5.31. The molecule has 1 aliphatic heterocycles. The van der Waals surface area contributed by atoms with Crippen molar-refractivity contribution in [3.8, 4) is 11.5 Å². The fourth-order valence-corrected chi connectivity index (χ4v) is 1.89. The minimum Gasteiger partial charge on any atom is -0.508 e. The maximum absolute atomic E-state index is 9.66. The minimum absolute atomic E-state index is 0.0143. The van der Waals surface area contributed by atoms with Crippen molar-refractivity contribution in [2.75, 3.05) is 26.3 Å². The largest absolute Gasteiger partial charge is 0.508 e. The van der Waals surface area contributed by atoms with Gasteiger partial charge in [0.2, 0.25) is 0 Å². The van der Waals surface area contributed by atoms with Gasteiger partial charge in [-0.3, -0.25) is 0 Å². The summed E-state index contributed by atoms with van der Waals surface area (Å²) in [5.74, 6) is -0.0174. The van der Waals surface area contributed by atoms with E-state index in [-0.39, 0.29) is 11.5 Å². The van der Waals surface area contributed by atoms with Gasteiger partial charge in [0, 0.05) is 19.2 Å². The van der Waals surface area contributed by atoms with Gasteiger partial charge in [0.1, 0.15) is 16.5 Å². The maximum Gasteiger partial charge on any atom is 0.129 e. The molecule has 1 heterocycles. The normalized spacial score (nSPS) is 16.7. The van der Waals surface area contributed by atoms with Gasteiger partial charge in [0.15, 0.2) is 0 Å². The molecule has 0 radical (unpaired) electrons. The van der Waals surface area contributed by atoms with Crippen LogP contribution in [0.2, 0.25) is 0 Å². The third kappa shape index (κ3) is 3.06. The zero-order chi connectivity index (χ0) is 12.3. The van der Waals surface area contributed by atoms with Gasteiger partial charge < -0.3 is 20.4 Å². The van der Waals surface area contributed by atoms with Gasteiger partial charge in [0.05, 0.1) is 18.8 Å². The molecule has 0 saturated carbocycles. The zero-order valence-corrected chi connectivity index (χ0v) is 10.0. The third-order valence-electron chi connectivity index (χ3n) is 2.50. The van der Waals surface area contributed by atoms with Crippen molar-refractivity contribution in [1.82, 2.24) is 10.4 Å². The number of benzene rings is 1. The van der Waals surface area contributed by atoms with Gasteiger partial charge in [-0.25, -0.2) is 5.01 Å². The SMILES string of the molecule is Oc1ccc(C(=S)NN2CCOCC2)c(O)c1. The van der Waals surface area contributed by atoms with Crippen LogP contribution in [-0.2, 0) is 4.74 Å². The number of aromatic hydroxyl groups is 2. The lowest BCUT2D eigenvalue weighted by atomic mass is 10.2. The third-order valence-corrected chi connectivity index (χ3v) is 2.81. The van der Waals surface area contributed by atoms with E-state index in [0.29, 0.717) is 23.8 Å². The summed E-state index contributed by atoms with van der Waals surface area (Å²) in [5.41, 5.74) is 3.54. The molecule has 3 N–H and O–H groups in total. The first kappa shape index (κ1) is 12.1. The molecule has 1 aromatic rings. The highest BCUT2D eigenvalue weighted by atomic mass is 32.1. The number of phenols is 2. The summed E-state index contributed by atoms with van der Waals surface area (Å²) in [6.07, 6.45) is 0. The quantitative estimate of drug-likeness (QED) is 0.672. The zero-order valence-electron chi connectivity index (χ0n) is 9.22. The Kier molecular flexibility index (Phi) is 3.78. The minimum atomic E-state index is -0.0317. The van der Waals surface area contributed by atoms with Crippen LogP contribution in [0.15, 0.2) is 18.2 Å². The average Bonchev–Trinajstić information content (AvgIpc) is 2.30. The van der Waals surface area contributed by atoms with Crippen LogP contribution in [0.25, 0.3) is 0 Å². The highest BCUT2D eigenvalue weighted by Crippen LogP contribution is 2.22. The lowest BCUT2D eigenvalue weighted by Gasteiger charge is -2.28. The first-order valence-corrected chi connectivity index (χ1v) is 5.73. The number of hydrogen-bond acceptors (Lipinski definition) is 5. The summed E-state index contributed by atoms with van der Waals surface area (Å²) in [6, 6.07) is 4.34. The molecule has 1 saturated heterocycles. The van der Waals surface area contributed by atoms with Crippen molar-refractivity contribution in [1.29, 1.82) is 0 Å². The molecule has 92 valence electrons. The summed E-state index contributed by atoms with van der Waals surface area (Å²) < 4.78 is 5.22. The van der Waals surface area contributed by atoms with Crippen molar-refractivity contribution < 1.29 is 14.9 Å². The lowest BCUT2D eigenvalue weighted by Crippen LogP contribution is -2.48. The number of morpholine rings is 1. The second-order valence-corrected chi connectivity index (χ2v) is 4.15. The molecule has 0 spiro atoms. The molecule has 0 aliphatic carbocycles. The van der Waals surface area contributed by atoms with E-state index in [1.807, 2.05) is 5.01 Å². The standard InChI is InChI=1S/C11H14N2O3S/c14-8-1-2-9(10(15)7-8)11(17)12-13-3-5-16-6-4-13/h1-2,7,14-15H,3-6H2,(H,12,17). The molecule has 5 nitrogen and oxygen atoms in total. The van der Waals surface area contributed by atoms with Crippen LogP contribution in [0.5, 0.6) is 11.5 Å². The van der Waals surface area contributed by atoms with Gasteiger partial charge >= 0.3 is 0 Å². The molecule has 1 fully saturated rings. The number of nitrogens with zero attached hydrogens (tertiary/aromatic N) is 1. The fourth-order valence-electron chi connectivity index (χ4n) is 1.59. The van der Waals surface area contributed by atoms with E-state index >= 15 is 0 Å². The molecule has 2 rings (SSSR count). The topological polar surface area (TPSA) is 65.0 Å². The second-order valence-electron chi connectivity index (χ2n) is 3.74. The summed E-state index contributed by atoms with van der Waals surface area (Å²) in [7, 11) is 0. The van der Waals surface area contributed by atoms with Crippen LogP contribution >= 0.6 is 12.2 Å². The Morgan fingerprint density at radius 3 is 2.65 bits per heavy atom. The van der Waals surface area contributed by atoms with E-state index in [2.05, 4.69) is 5.43 Å². The summed E-state index contributed by atoms with van der Waals surface area (Å²) in [6.45, 7) is 2.83. The number of ether oxygens (including phenoxy) is 1. The molecule has 0 aromatic heterocycles. The van der Waals surface area contributed by atoms with Crippen LogP contribution < -0.4 is 5.43 Å². The molecular weight excluding hydrogens is 240 g/mol. The Labute approximate surface area is 105 Å². The number of phenolic OH excluding ortho intramolecular Hbond substituents is 2. The van der Waals surface area contributed by atoms with E-state index in [0.717, 1.165) is 13.1 Å². The molecule has 0 unspecified atom stereocenters. The number of hydrazine groups is 1. The number of hydrogen-bond donors (Lipinski definition) is 3. The summed E-state index contributed by atoms with van der Waals surface area (Å²) in [5, 5.41) is 20.8. The maximum atomic E-state index is 9.66. The molecule has 6 heteroatoms. The van der Waals surface area contributed by atoms with E-state index in [4.69, 9.17) is 17.0 Å². The van der Waals surface area contributed by atoms with Gasteiger partial charge in [-0.05, 0) is 12.1 Å². The van der Waals surface area contributed by atoms with Crippen molar-refractivity contribution in [3.63, 3.8) is 0 Å². The lowest BCUT2D eigenvalue weighted by molar-refractivity contribution is 0.0253. The Morgan fingerprint density at radius 1 is 1.29 bits per heavy atom. The van der Waals surface area contributed by atoms with Crippen molar-refractivity contribution in [2.24, 2.45) is 0 Å². The van der Waals surface area contributed by atoms with Gasteiger partial charge in [0.25, 0.3) is 0 Å². The predicted molar refractivity (Wildman–Crippen MR) is 67.0 cm³/mol. The van der Waals surface area contributed by atoms with E-state index in [1.54, 1.807) is 6.07 Å². The monoisotopic (exact) mass is 254 g/mol. The van der Waals surface area contributed by atoms with Crippen LogP contribution in [0, 0.1) is 0 Å². The molecule has 1 aromatic carbocycles. The predicted octanol–water partition coefficient (Wildman–Crippen LogP) is 0.610. The van der Waals surface area contributed by atoms with Gasteiger partial charge in [-0.2, -0.15) is 0 Å². The van der Waals surface area contributed by atoms with Crippen molar-refractivity contribution in [2.45, 2.75) is 0 Å². The van der Waals surface area contributed by atoms with E-state index in [1.165, 1.54) is 12.1 Å². The number of thiocarbonyl (C=S) groups is 1. The Bertz CT molecular complexity index is 419. The van der Waals surface area contributed by atoms with E-state index < -0.39 is 0 Å². The van der Waals surface area contributed by atoms with Gasteiger partial charge in [-0.15, -0.1) is 0 Å². The highest BCUT2D eigenvalue weighted by molar-refractivity contribution is 7.80. The van der Waals surface area contributed by atoms with Crippen molar-refractivity contribution in [3.05, 3.63) is 23.8 Å². The first-order valence-electron chi connectivity index (χ1n) is 5.32. The molecule has 0 amide bonds. The Morgan fingerprint density at radius 2 is 2.00 bits per heavy atom. The number of rotatable bonds is 2. The molecule has 17 heavy (non-hydrogen) atoms. The van der Waals surface area contributed by atoms with Crippen LogP contribution in [0.4, 0.5) is 0 Å².